The second-order valence-corrected chi connectivity index (χ2v) is 5.98. The molecule has 1 unspecified atom stereocenters. The van der Waals surface area contributed by atoms with E-state index < -0.39 is 6.10 Å². The molecule has 6 heteroatoms. The molecule has 0 radical (unpaired) electrons. The smallest absolute Gasteiger partial charge is 0.265 e. The van der Waals surface area contributed by atoms with Gasteiger partial charge >= 0.3 is 0 Å². The SMILES string of the molecule is CSc1ccccc1NC(=O)C(C)Oc1ccccc1NC(C)=O. The number of hydrogen-bond acceptors (Lipinski definition) is 4. The highest BCUT2D eigenvalue weighted by molar-refractivity contribution is 7.98. The van der Waals surface area contributed by atoms with Crippen molar-refractivity contribution in [3.63, 3.8) is 0 Å². The van der Waals surface area contributed by atoms with E-state index in [0.717, 1.165) is 10.6 Å². The van der Waals surface area contributed by atoms with Crippen LogP contribution in [0.15, 0.2) is 53.4 Å². The van der Waals surface area contributed by atoms with E-state index in [4.69, 9.17) is 4.74 Å². The molecule has 24 heavy (non-hydrogen) atoms. The fourth-order valence-electron chi connectivity index (χ4n) is 2.09. The first-order valence-electron chi connectivity index (χ1n) is 7.48. The topological polar surface area (TPSA) is 67.4 Å². The molecule has 2 aromatic carbocycles. The van der Waals surface area contributed by atoms with Gasteiger partial charge in [-0.1, -0.05) is 24.3 Å². The Morgan fingerprint density at radius 3 is 2.29 bits per heavy atom. The Balaban J connectivity index is 2.08. The van der Waals surface area contributed by atoms with Gasteiger partial charge in [-0.05, 0) is 37.4 Å². The maximum Gasteiger partial charge on any atom is 0.265 e. The number of ether oxygens (including phenoxy) is 1. The summed E-state index contributed by atoms with van der Waals surface area (Å²) in [5.41, 5.74) is 1.29. The molecule has 0 aliphatic carbocycles. The Hall–Kier alpha value is -2.47. The fraction of sp³-hybridized carbons (Fsp3) is 0.222. The number of thioether (sulfide) groups is 1. The van der Waals surface area contributed by atoms with Crippen molar-refractivity contribution in [2.45, 2.75) is 24.8 Å². The van der Waals surface area contributed by atoms with Gasteiger partial charge in [0.15, 0.2) is 6.10 Å². The molecule has 0 saturated heterocycles. The number of amides is 2. The van der Waals surface area contributed by atoms with E-state index in [9.17, 15) is 9.59 Å². The van der Waals surface area contributed by atoms with Gasteiger partial charge in [0, 0.05) is 11.8 Å². The largest absolute Gasteiger partial charge is 0.479 e. The van der Waals surface area contributed by atoms with E-state index in [1.165, 1.54) is 6.92 Å². The molecule has 1 atom stereocenters. The molecule has 0 aromatic heterocycles. The summed E-state index contributed by atoms with van der Waals surface area (Å²) < 4.78 is 5.72. The van der Waals surface area contributed by atoms with Crippen molar-refractivity contribution in [1.29, 1.82) is 0 Å². The van der Waals surface area contributed by atoms with Crippen LogP contribution in [0, 0.1) is 0 Å². The van der Waals surface area contributed by atoms with Crippen molar-refractivity contribution in [2.75, 3.05) is 16.9 Å². The number of rotatable bonds is 6. The maximum absolute atomic E-state index is 12.4. The summed E-state index contributed by atoms with van der Waals surface area (Å²) in [5, 5.41) is 5.56. The van der Waals surface area contributed by atoms with Crippen LogP contribution in [0.25, 0.3) is 0 Å². The lowest BCUT2D eigenvalue weighted by atomic mass is 10.2. The number of nitrogens with one attached hydrogen (secondary N) is 2. The Labute approximate surface area is 145 Å². The Morgan fingerprint density at radius 1 is 1.00 bits per heavy atom. The number of hydrogen-bond donors (Lipinski definition) is 2. The van der Waals surface area contributed by atoms with Gasteiger partial charge in [0.25, 0.3) is 5.91 Å². The summed E-state index contributed by atoms with van der Waals surface area (Å²) >= 11 is 1.56. The van der Waals surface area contributed by atoms with Gasteiger partial charge in [-0.25, -0.2) is 0 Å². The minimum Gasteiger partial charge on any atom is -0.479 e. The molecule has 0 aliphatic rings. The van der Waals surface area contributed by atoms with Crippen LogP contribution < -0.4 is 15.4 Å². The number of carbonyl (C=O) groups excluding carboxylic acids is 2. The standard InChI is InChI=1S/C18H20N2O3S/c1-12(18(22)20-15-9-5-7-11-17(15)24-3)23-16-10-6-4-8-14(16)19-13(2)21/h4-12H,1-3H3,(H,19,21)(H,20,22). The Morgan fingerprint density at radius 2 is 1.62 bits per heavy atom. The number of benzene rings is 2. The molecular weight excluding hydrogens is 324 g/mol. The second-order valence-electron chi connectivity index (χ2n) is 5.13. The zero-order chi connectivity index (χ0) is 17.5. The molecule has 0 fully saturated rings. The van der Waals surface area contributed by atoms with Crippen molar-refractivity contribution in [3.05, 3.63) is 48.5 Å². The zero-order valence-electron chi connectivity index (χ0n) is 13.8. The van der Waals surface area contributed by atoms with Crippen molar-refractivity contribution in [1.82, 2.24) is 0 Å². The van der Waals surface area contributed by atoms with E-state index in [0.29, 0.717) is 11.4 Å². The molecule has 0 aliphatic heterocycles. The van der Waals surface area contributed by atoms with E-state index in [1.54, 1.807) is 43.0 Å². The number of carbonyl (C=O) groups is 2. The van der Waals surface area contributed by atoms with Crippen LogP contribution in [-0.4, -0.2) is 24.2 Å². The van der Waals surface area contributed by atoms with Crippen LogP contribution in [0.2, 0.25) is 0 Å². The van der Waals surface area contributed by atoms with Crippen LogP contribution >= 0.6 is 11.8 Å². The zero-order valence-corrected chi connectivity index (χ0v) is 14.6. The predicted octanol–water partition coefficient (Wildman–Crippen LogP) is 3.77. The summed E-state index contributed by atoms with van der Waals surface area (Å²) in [5.74, 6) is -0.000294. The molecule has 2 rings (SSSR count). The first kappa shape index (κ1) is 17.9. The van der Waals surface area contributed by atoms with Gasteiger partial charge in [0.1, 0.15) is 5.75 Å². The molecule has 5 nitrogen and oxygen atoms in total. The monoisotopic (exact) mass is 344 g/mol. The van der Waals surface area contributed by atoms with Crippen LogP contribution in [-0.2, 0) is 9.59 Å². The minimum absolute atomic E-state index is 0.197. The molecule has 2 amide bonds. The van der Waals surface area contributed by atoms with E-state index in [1.807, 2.05) is 30.5 Å². The summed E-state index contributed by atoms with van der Waals surface area (Å²) in [6.07, 6.45) is 1.24. The van der Waals surface area contributed by atoms with Crippen LogP contribution in [0.1, 0.15) is 13.8 Å². The maximum atomic E-state index is 12.4. The van der Waals surface area contributed by atoms with E-state index in [2.05, 4.69) is 10.6 Å². The van der Waals surface area contributed by atoms with Gasteiger partial charge in [0.05, 0.1) is 11.4 Å². The molecule has 126 valence electrons. The van der Waals surface area contributed by atoms with Gasteiger partial charge in [-0.15, -0.1) is 11.8 Å². The highest BCUT2D eigenvalue weighted by Gasteiger charge is 2.17. The molecule has 2 N–H and O–H groups in total. The second kappa shape index (κ2) is 8.40. The van der Waals surface area contributed by atoms with E-state index in [-0.39, 0.29) is 11.8 Å². The molecule has 0 heterocycles. The normalized spacial score (nSPS) is 11.5. The first-order chi connectivity index (χ1) is 11.5. The minimum atomic E-state index is -0.713. The predicted molar refractivity (Wildman–Crippen MR) is 97.7 cm³/mol. The lowest BCUT2D eigenvalue weighted by molar-refractivity contribution is -0.122. The van der Waals surface area contributed by atoms with Crippen molar-refractivity contribution < 1.29 is 14.3 Å². The van der Waals surface area contributed by atoms with Crippen LogP contribution in [0.3, 0.4) is 0 Å². The quantitative estimate of drug-likeness (QED) is 0.783. The van der Waals surface area contributed by atoms with Gasteiger partial charge in [-0.3, -0.25) is 9.59 Å². The number of anilines is 2. The Bertz CT molecular complexity index is 734. The molecular formula is C18H20N2O3S. The average Bonchev–Trinajstić information content (AvgIpc) is 2.56. The lowest BCUT2D eigenvalue weighted by Crippen LogP contribution is -2.30. The molecule has 0 spiro atoms. The van der Waals surface area contributed by atoms with Gasteiger partial charge < -0.3 is 15.4 Å². The third-order valence-electron chi connectivity index (χ3n) is 3.24. The molecule has 0 saturated carbocycles. The van der Waals surface area contributed by atoms with Crippen LogP contribution in [0.5, 0.6) is 5.75 Å². The highest BCUT2D eigenvalue weighted by Crippen LogP contribution is 2.27. The molecule has 0 bridgehead atoms. The highest BCUT2D eigenvalue weighted by atomic mass is 32.2. The first-order valence-corrected chi connectivity index (χ1v) is 8.71. The third kappa shape index (κ3) is 4.76. The van der Waals surface area contributed by atoms with E-state index >= 15 is 0 Å². The van der Waals surface area contributed by atoms with Crippen molar-refractivity contribution >= 4 is 35.0 Å². The lowest BCUT2D eigenvalue weighted by Gasteiger charge is -2.18. The Kier molecular flexibility index (Phi) is 6.26. The molecule has 2 aromatic rings. The van der Waals surface area contributed by atoms with Gasteiger partial charge in [0.2, 0.25) is 5.91 Å². The van der Waals surface area contributed by atoms with Crippen LogP contribution in [0.4, 0.5) is 11.4 Å². The summed E-state index contributed by atoms with van der Waals surface area (Å²) in [6, 6.07) is 14.6. The summed E-state index contributed by atoms with van der Waals surface area (Å²) in [4.78, 5) is 24.6. The van der Waals surface area contributed by atoms with Crippen molar-refractivity contribution in [3.8, 4) is 5.75 Å². The third-order valence-corrected chi connectivity index (χ3v) is 4.03. The fourth-order valence-corrected chi connectivity index (χ4v) is 2.64. The van der Waals surface area contributed by atoms with Gasteiger partial charge in [-0.2, -0.15) is 0 Å². The average molecular weight is 344 g/mol. The number of para-hydroxylation sites is 3. The van der Waals surface area contributed by atoms with Crippen molar-refractivity contribution in [2.24, 2.45) is 0 Å². The summed E-state index contributed by atoms with van der Waals surface area (Å²) in [6.45, 7) is 3.09. The summed E-state index contributed by atoms with van der Waals surface area (Å²) in [7, 11) is 0.